The SMILES string of the molecule is Cc1cc(C(=O)Oc2ccc3cc(C(=O)NC(C)C)c(=O)oc3c2)ccc1[N+](=O)[O-]. The first kappa shape index (κ1) is 20.7. The van der Waals surface area contributed by atoms with Crippen LogP contribution in [-0.2, 0) is 0 Å². The van der Waals surface area contributed by atoms with E-state index < -0.39 is 22.4 Å². The fraction of sp³-hybridized carbons (Fsp3) is 0.190. The first-order valence-electron chi connectivity index (χ1n) is 9.01. The van der Waals surface area contributed by atoms with E-state index in [0.29, 0.717) is 10.9 Å². The number of nitrogens with zero attached hydrogens (tertiary/aromatic N) is 1. The quantitative estimate of drug-likeness (QED) is 0.224. The van der Waals surface area contributed by atoms with Gasteiger partial charge in [-0.2, -0.15) is 0 Å². The van der Waals surface area contributed by atoms with Crippen molar-refractivity contribution >= 4 is 28.5 Å². The average molecular weight is 410 g/mol. The van der Waals surface area contributed by atoms with Crippen LogP contribution in [0.5, 0.6) is 5.75 Å². The number of rotatable bonds is 5. The Kier molecular flexibility index (Phi) is 5.63. The summed E-state index contributed by atoms with van der Waals surface area (Å²) in [7, 11) is 0. The highest BCUT2D eigenvalue weighted by Gasteiger charge is 2.17. The number of carbonyl (C=O) groups is 2. The van der Waals surface area contributed by atoms with Gasteiger partial charge in [0.05, 0.1) is 10.5 Å². The topological polar surface area (TPSA) is 129 Å². The summed E-state index contributed by atoms with van der Waals surface area (Å²) in [4.78, 5) is 47.0. The zero-order chi connectivity index (χ0) is 22.0. The van der Waals surface area contributed by atoms with Gasteiger partial charge in [-0.05, 0) is 51.1 Å². The van der Waals surface area contributed by atoms with E-state index in [9.17, 15) is 24.5 Å². The molecule has 0 aliphatic carbocycles. The Morgan fingerprint density at radius 3 is 2.50 bits per heavy atom. The van der Waals surface area contributed by atoms with E-state index in [0.717, 1.165) is 0 Å². The molecule has 0 fully saturated rings. The number of carbonyl (C=O) groups excluding carboxylic acids is 2. The van der Waals surface area contributed by atoms with Gasteiger partial charge in [0.25, 0.3) is 11.6 Å². The van der Waals surface area contributed by atoms with Crippen LogP contribution >= 0.6 is 0 Å². The second-order valence-electron chi connectivity index (χ2n) is 6.92. The normalized spacial score (nSPS) is 10.8. The highest BCUT2D eigenvalue weighted by atomic mass is 16.6. The maximum absolute atomic E-state index is 12.4. The van der Waals surface area contributed by atoms with E-state index >= 15 is 0 Å². The number of hydrogen-bond acceptors (Lipinski definition) is 7. The minimum atomic E-state index is -0.810. The molecule has 0 bridgehead atoms. The van der Waals surface area contributed by atoms with Gasteiger partial charge >= 0.3 is 11.6 Å². The summed E-state index contributed by atoms with van der Waals surface area (Å²) >= 11 is 0. The molecule has 0 aliphatic heterocycles. The molecule has 2 aromatic carbocycles. The number of hydrogen-bond donors (Lipinski definition) is 1. The van der Waals surface area contributed by atoms with Crippen molar-refractivity contribution in [2.75, 3.05) is 0 Å². The number of nitrogens with one attached hydrogen (secondary N) is 1. The Bertz CT molecular complexity index is 1230. The van der Waals surface area contributed by atoms with E-state index in [1.54, 1.807) is 19.9 Å². The fourth-order valence-corrected chi connectivity index (χ4v) is 2.81. The lowest BCUT2D eigenvalue weighted by atomic mass is 10.1. The largest absolute Gasteiger partial charge is 0.423 e. The van der Waals surface area contributed by atoms with E-state index in [1.165, 1.54) is 43.3 Å². The highest BCUT2D eigenvalue weighted by molar-refractivity contribution is 5.97. The van der Waals surface area contributed by atoms with E-state index in [1.807, 2.05) is 0 Å². The van der Waals surface area contributed by atoms with Crippen molar-refractivity contribution in [3.8, 4) is 5.75 Å². The summed E-state index contributed by atoms with van der Waals surface area (Å²) in [5.74, 6) is -1.14. The summed E-state index contributed by atoms with van der Waals surface area (Å²) < 4.78 is 10.5. The summed E-state index contributed by atoms with van der Waals surface area (Å²) in [6.45, 7) is 5.06. The van der Waals surface area contributed by atoms with E-state index in [-0.39, 0.29) is 34.2 Å². The van der Waals surface area contributed by atoms with Crippen LogP contribution in [0.3, 0.4) is 0 Å². The molecule has 1 aromatic heterocycles. The van der Waals surface area contributed by atoms with Crippen molar-refractivity contribution in [3.05, 3.63) is 79.7 Å². The lowest BCUT2D eigenvalue weighted by Crippen LogP contribution is -2.33. The van der Waals surface area contributed by atoms with E-state index in [2.05, 4.69) is 5.32 Å². The number of esters is 1. The minimum Gasteiger partial charge on any atom is -0.423 e. The van der Waals surface area contributed by atoms with Crippen LogP contribution in [0.2, 0.25) is 0 Å². The molecule has 1 N–H and O–H groups in total. The van der Waals surface area contributed by atoms with Crippen molar-refractivity contribution in [1.82, 2.24) is 5.32 Å². The molecule has 0 saturated heterocycles. The molecule has 0 saturated carbocycles. The van der Waals surface area contributed by atoms with E-state index in [4.69, 9.17) is 9.15 Å². The average Bonchev–Trinajstić information content (AvgIpc) is 2.66. The third-order valence-corrected chi connectivity index (χ3v) is 4.21. The first-order valence-corrected chi connectivity index (χ1v) is 9.01. The molecule has 154 valence electrons. The van der Waals surface area contributed by atoms with Gasteiger partial charge in [-0.3, -0.25) is 14.9 Å². The van der Waals surface area contributed by atoms with Crippen LogP contribution < -0.4 is 15.7 Å². The van der Waals surface area contributed by atoms with Crippen molar-refractivity contribution in [2.24, 2.45) is 0 Å². The number of amides is 1. The molecular formula is C21H18N2O7. The van der Waals surface area contributed by atoms with Crippen molar-refractivity contribution in [3.63, 3.8) is 0 Å². The van der Waals surface area contributed by atoms with Gasteiger partial charge in [0.15, 0.2) is 0 Å². The van der Waals surface area contributed by atoms with Gasteiger partial charge in [-0.1, -0.05) is 0 Å². The number of fused-ring (bicyclic) bond motifs is 1. The second-order valence-corrected chi connectivity index (χ2v) is 6.92. The minimum absolute atomic E-state index is 0.101. The predicted molar refractivity (Wildman–Crippen MR) is 108 cm³/mol. The number of nitro groups is 1. The summed E-state index contributed by atoms with van der Waals surface area (Å²) in [6, 6.07) is 9.56. The standard InChI is InChI=1S/C21H18N2O7/c1-11(2)22-19(24)16-9-13-4-6-15(10-18(13)30-21(16)26)29-20(25)14-5-7-17(23(27)28)12(3)8-14/h4-11H,1-3H3,(H,22,24). The molecule has 0 spiro atoms. The molecule has 3 aromatic rings. The summed E-state index contributed by atoms with van der Waals surface area (Å²) in [5.41, 5.74) is -0.424. The Morgan fingerprint density at radius 2 is 1.87 bits per heavy atom. The molecule has 3 rings (SSSR count). The van der Waals surface area contributed by atoms with Crippen LogP contribution in [-0.4, -0.2) is 22.8 Å². The maximum Gasteiger partial charge on any atom is 0.349 e. The van der Waals surface area contributed by atoms with Gasteiger partial charge in [0.1, 0.15) is 16.9 Å². The van der Waals surface area contributed by atoms with Crippen molar-refractivity contribution < 1.29 is 23.7 Å². The molecule has 1 amide bonds. The van der Waals surface area contributed by atoms with Crippen LogP contribution in [0.1, 0.15) is 40.1 Å². The first-order chi connectivity index (χ1) is 14.2. The smallest absolute Gasteiger partial charge is 0.349 e. The Balaban J connectivity index is 1.86. The molecule has 30 heavy (non-hydrogen) atoms. The lowest BCUT2D eigenvalue weighted by molar-refractivity contribution is -0.385. The maximum atomic E-state index is 12.4. The van der Waals surface area contributed by atoms with Crippen molar-refractivity contribution in [1.29, 1.82) is 0 Å². The molecule has 0 unspecified atom stereocenters. The van der Waals surface area contributed by atoms with Crippen LogP contribution in [0.15, 0.2) is 51.7 Å². The molecule has 0 radical (unpaired) electrons. The van der Waals surface area contributed by atoms with Crippen molar-refractivity contribution in [2.45, 2.75) is 26.8 Å². The zero-order valence-corrected chi connectivity index (χ0v) is 16.4. The van der Waals surface area contributed by atoms with Gasteiger partial charge < -0.3 is 14.5 Å². The van der Waals surface area contributed by atoms with Gasteiger partial charge in [-0.25, -0.2) is 9.59 Å². The third kappa shape index (κ3) is 4.35. The number of aryl methyl sites for hydroxylation is 1. The Labute approximate surface area is 170 Å². The van der Waals surface area contributed by atoms with Crippen LogP contribution in [0, 0.1) is 17.0 Å². The third-order valence-electron chi connectivity index (χ3n) is 4.21. The molecule has 9 heteroatoms. The van der Waals surface area contributed by atoms with Crippen LogP contribution in [0.25, 0.3) is 11.0 Å². The number of benzene rings is 2. The molecule has 0 aliphatic rings. The molecule has 1 heterocycles. The molecular weight excluding hydrogens is 392 g/mol. The highest BCUT2D eigenvalue weighted by Crippen LogP contribution is 2.23. The molecule has 0 atom stereocenters. The predicted octanol–water partition coefficient (Wildman–Crippen LogP) is 3.37. The fourth-order valence-electron chi connectivity index (χ4n) is 2.81. The van der Waals surface area contributed by atoms with Gasteiger partial charge in [-0.15, -0.1) is 0 Å². The van der Waals surface area contributed by atoms with Gasteiger partial charge in [0.2, 0.25) is 0 Å². The molecule has 9 nitrogen and oxygen atoms in total. The summed E-state index contributed by atoms with van der Waals surface area (Å²) in [5, 5.41) is 14.0. The van der Waals surface area contributed by atoms with Gasteiger partial charge in [0, 0.05) is 29.1 Å². The zero-order valence-electron chi connectivity index (χ0n) is 16.4. The summed E-state index contributed by atoms with van der Waals surface area (Å²) in [6.07, 6.45) is 0. The number of nitro benzene ring substituents is 1. The Hall–Kier alpha value is -4.01. The second kappa shape index (κ2) is 8.16. The monoisotopic (exact) mass is 410 g/mol. The number of ether oxygens (including phenoxy) is 1. The Morgan fingerprint density at radius 1 is 1.13 bits per heavy atom. The van der Waals surface area contributed by atoms with Crippen LogP contribution in [0.4, 0.5) is 5.69 Å². The lowest BCUT2D eigenvalue weighted by Gasteiger charge is -2.09.